The van der Waals surface area contributed by atoms with E-state index in [4.69, 9.17) is 10.8 Å². The zero-order valence-corrected chi connectivity index (χ0v) is 5.62. The Hall–Kier alpha value is -0.900. The van der Waals surface area contributed by atoms with Crippen molar-refractivity contribution in [2.75, 3.05) is 0 Å². The van der Waals surface area contributed by atoms with Crippen molar-refractivity contribution in [1.29, 1.82) is 0 Å². The number of carbonyl (C=O) groups is 2. The lowest BCUT2D eigenvalue weighted by atomic mass is 10.1. The number of carbonyl (C=O) groups excluding carboxylic acids is 1. The summed E-state index contributed by atoms with van der Waals surface area (Å²) in [6.07, 6.45) is 2.07. The van der Waals surface area contributed by atoms with E-state index < -0.39 is 12.0 Å². The predicted octanol–water partition coefficient (Wildman–Crippen LogP) is -0.233. The van der Waals surface area contributed by atoms with Crippen molar-refractivity contribution in [2.45, 2.75) is 25.3 Å². The smallest absolute Gasteiger partial charge is 0.320 e. The average Bonchev–Trinajstić information content (AvgIpc) is 1.88. The minimum absolute atomic E-state index is 0.369. The molecule has 0 aromatic rings. The van der Waals surface area contributed by atoms with Crippen molar-refractivity contribution in [3.63, 3.8) is 0 Å². The van der Waals surface area contributed by atoms with Gasteiger partial charge in [0, 0.05) is 6.42 Å². The van der Waals surface area contributed by atoms with Crippen molar-refractivity contribution in [3.05, 3.63) is 0 Å². The third-order valence-electron chi connectivity index (χ3n) is 1.15. The zero-order valence-electron chi connectivity index (χ0n) is 5.62. The first-order chi connectivity index (χ1) is 4.68. The lowest BCUT2D eigenvalue weighted by Crippen LogP contribution is -2.29. The van der Waals surface area contributed by atoms with Crippen LogP contribution >= 0.6 is 0 Å². The minimum Gasteiger partial charge on any atom is -0.480 e. The predicted molar refractivity (Wildman–Crippen MR) is 35.5 cm³/mol. The van der Waals surface area contributed by atoms with Crippen LogP contribution in [0.1, 0.15) is 19.3 Å². The molecule has 0 aliphatic heterocycles. The first-order valence-electron chi connectivity index (χ1n) is 3.10. The highest BCUT2D eigenvalue weighted by Crippen LogP contribution is 1.96. The van der Waals surface area contributed by atoms with Crippen LogP contribution < -0.4 is 5.73 Å². The van der Waals surface area contributed by atoms with Gasteiger partial charge in [-0.2, -0.15) is 0 Å². The Bertz CT molecular complexity index is 124. The van der Waals surface area contributed by atoms with Crippen LogP contribution in [0.25, 0.3) is 0 Å². The highest BCUT2D eigenvalue weighted by molar-refractivity contribution is 5.73. The molecule has 3 N–H and O–H groups in total. The van der Waals surface area contributed by atoms with Crippen molar-refractivity contribution < 1.29 is 14.7 Å². The molecule has 0 aromatic heterocycles. The summed E-state index contributed by atoms with van der Waals surface area (Å²) in [7, 11) is 0. The standard InChI is InChI=1S/C6H11NO3/c7-5(6(9)10)3-1-2-4-8/h4-5H,1-3,7H2,(H,9,10)/t5-/m1/s1. The van der Waals surface area contributed by atoms with Crippen LogP contribution in [0.5, 0.6) is 0 Å². The normalized spacial score (nSPS) is 12.5. The second-order valence-electron chi connectivity index (χ2n) is 2.04. The van der Waals surface area contributed by atoms with Crippen molar-refractivity contribution in [2.24, 2.45) is 5.73 Å². The monoisotopic (exact) mass is 145 g/mol. The first kappa shape index (κ1) is 9.10. The highest BCUT2D eigenvalue weighted by atomic mass is 16.4. The summed E-state index contributed by atoms with van der Waals surface area (Å²) in [5.74, 6) is -1.01. The number of nitrogens with two attached hydrogens (primary N) is 1. The molecule has 0 unspecified atom stereocenters. The number of carboxylic acids is 1. The maximum absolute atomic E-state index is 10.1. The van der Waals surface area contributed by atoms with Gasteiger partial charge in [-0.25, -0.2) is 0 Å². The van der Waals surface area contributed by atoms with Crippen LogP contribution in [-0.4, -0.2) is 23.4 Å². The summed E-state index contributed by atoms with van der Waals surface area (Å²) in [5.41, 5.74) is 5.14. The molecule has 0 aromatic carbocycles. The molecule has 4 heteroatoms. The Labute approximate surface area is 59.0 Å². The molecule has 0 aliphatic rings. The second kappa shape index (κ2) is 4.93. The molecule has 0 rings (SSSR count). The van der Waals surface area contributed by atoms with Crippen LogP contribution in [0.4, 0.5) is 0 Å². The van der Waals surface area contributed by atoms with Crippen LogP contribution in [-0.2, 0) is 9.59 Å². The van der Waals surface area contributed by atoms with E-state index in [1.807, 2.05) is 0 Å². The Morgan fingerprint density at radius 2 is 2.30 bits per heavy atom. The largest absolute Gasteiger partial charge is 0.480 e. The van der Waals surface area contributed by atoms with Crippen LogP contribution in [0.2, 0.25) is 0 Å². The highest BCUT2D eigenvalue weighted by Gasteiger charge is 2.09. The van der Waals surface area contributed by atoms with Crippen molar-refractivity contribution >= 4 is 12.3 Å². The van der Waals surface area contributed by atoms with E-state index in [-0.39, 0.29) is 0 Å². The summed E-state index contributed by atoms with van der Waals surface area (Å²) in [6, 6.07) is -0.819. The number of carboxylic acid groups (broad SMARTS) is 1. The fourth-order valence-electron chi connectivity index (χ4n) is 0.545. The summed E-state index contributed by atoms with van der Waals surface area (Å²) in [4.78, 5) is 19.8. The van der Waals surface area contributed by atoms with Gasteiger partial charge in [0.05, 0.1) is 0 Å². The second-order valence-corrected chi connectivity index (χ2v) is 2.04. The van der Waals surface area contributed by atoms with Gasteiger partial charge in [-0.1, -0.05) is 0 Å². The lowest BCUT2D eigenvalue weighted by molar-refractivity contribution is -0.138. The average molecular weight is 145 g/mol. The quantitative estimate of drug-likeness (QED) is 0.413. The van der Waals surface area contributed by atoms with Gasteiger partial charge in [0.2, 0.25) is 0 Å². The van der Waals surface area contributed by atoms with Gasteiger partial charge in [-0.15, -0.1) is 0 Å². The van der Waals surface area contributed by atoms with Crippen LogP contribution in [0.15, 0.2) is 0 Å². The Morgan fingerprint density at radius 1 is 1.70 bits per heavy atom. The third kappa shape index (κ3) is 4.03. The fourth-order valence-corrected chi connectivity index (χ4v) is 0.545. The molecule has 0 fully saturated rings. The molecule has 10 heavy (non-hydrogen) atoms. The van der Waals surface area contributed by atoms with Crippen LogP contribution in [0, 0.1) is 0 Å². The molecule has 0 aliphatic carbocycles. The van der Waals surface area contributed by atoms with Gasteiger partial charge in [0.25, 0.3) is 0 Å². The molecule has 0 saturated heterocycles. The maximum atomic E-state index is 10.1. The van der Waals surface area contributed by atoms with E-state index in [0.717, 1.165) is 6.29 Å². The van der Waals surface area contributed by atoms with Gasteiger partial charge in [0.15, 0.2) is 0 Å². The topological polar surface area (TPSA) is 80.4 Å². The molecule has 0 saturated carbocycles. The fraction of sp³-hybridized carbons (Fsp3) is 0.667. The molecule has 1 atom stereocenters. The van der Waals surface area contributed by atoms with Crippen molar-refractivity contribution in [1.82, 2.24) is 0 Å². The molecule has 0 amide bonds. The van der Waals surface area contributed by atoms with Crippen molar-refractivity contribution in [3.8, 4) is 0 Å². The van der Waals surface area contributed by atoms with Gasteiger partial charge in [-0.05, 0) is 12.8 Å². The number of hydrogen-bond acceptors (Lipinski definition) is 3. The van der Waals surface area contributed by atoms with Gasteiger partial charge < -0.3 is 15.6 Å². The summed E-state index contributed by atoms with van der Waals surface area (Å²) < 4.78 is 0. The molecule has 4 nitrogen and oxygen atoms in total. The number of rotatable bonds is 5. The lowest BCUT2D eigenvalue weighted by Gasteiger charge is -2.02. The van der Waals surface area contributed by atoms with E-state index in [0.29, 0.717) is 19.3 Å². The van der Waals surface area contributed by atoms with E-state index >= 15 is 0 Å². The van der Waals surface area contributed by atoms with Gasteiger partial charge in [0.1, 0.15) is 12.3 Å². The summed E-state index contributed by atoms with van der Waals surface area (Å²) in [6.45, 7) is 0. The van der Waals surface area contributed by atoms with E-state index in [1.54, 1.807) is 0 Å². The third-order valence-corrected chi connectivity index (χ3v) is 1.15. The Kier molecular flexibility index (Phi) is 4.49. The Morgan fingerprint density at radius 3 is 2.70 bits per heavy atom. The molecular formula is C6H11NO3. The maximum Gasteiger partial charge on any atom is 0.320 e. The SMILES string of the molecule is N[C@H](CCCC=O)C(=O)O. The minimum atomic E-state index is -1.01. The zero-order chi connectivity index (χ0) is 7.98. The van der Waals surface area contributed by atoms with E-state index in [9.17, 15) is 9.59 Å². The number of aliphatic carboxylic acids is 1. The van der Waals surface area contributed by atoms with E-state index in [1.165, 1.54) is 0 Å². The molecule has 0 radical (unpaired) electrons. The summed E-state index contributed by atoms with van der Waals surface area (Å²) in [5, 5.41) is 8.27. The molecule has 0 spiro atoms. The number of hydrogen-bond donors (Lipinski definition) is 2. The number of aldehydes is 1. The summed E-state index contributed by atoms with van der Waals surface area (Å²) >= 11 is 0. The van der Waals surface area contributed by atoms with Gasteiger partial charge in [-0.3, -0.25) is 4.79 Å². The Balaban J connectivity index is 3.30. The molecule has 0 bridgehead atoms. The molecule has 0 heterocycles. The van der Waals surface area contributed by atoms with Gasteiger partial charge >= 0.3 is 5.97 Å². The van der Waals surface area contributed by atoms with E-state index in [2.05, 4.69) is 0 Å². The number of unbranched alkanes of at least 4 members (excludes halogenated alkanes) is 1. The first-order valence-corrected chi connectivity index (χ1v) is 3.10. The van der Waals surface area contributed by atoms with Crippen LogP contribution in [0.3, 0.4) is 0 Å². The molecule has 58 valence electrons. The molecular weight excluding hydrogens is 134 g/mol.